The molecule has 28 heavy (non-hydrogen) atoms. The van der Waals surface area contributed by atoms with Crippen molar-refractivity contribution in [2.45, 2.75) is 21.6 Å². The topological polar surface area (TPSA) is 119 Å². The molecule has 0 radical (unpaired) electrons. The fraction of sp³-hybridized carbons (Fsp3) is 0.0526. The first-order valence-electron chi connectivity index (χ1n) is 8.14. The molecule has 0 atom stereocenters. The molecule has 0 aliphatic rings. The van der Waals surface area contributed by atoms with Gasteiger partial charge < -0.3 is 0 Å². The first-order chi connectivity index (χ1) is 13.2. The van der Waals surface area contributed by atoms with Crippen LogP contribution in [0.5, 0.6) is 0 Å². The van der Waals surface area contributed by atoms with Crippen LogP contribution in [-0.4, -0.2) is 16.8 Å². The summed E-state index contributed by atoms with van der Waals surface area (Å²) < 4.78 is 50.6. The monoisotopic (exact) mass is 415 g/mol. The lowest BCUT2D eigenvalue weighted by molar-refractivity contribution is 0.583. The van der Waals surface area contributed by atoms with Crippen LogP contribution in [0.4, 0.5) is 11.4 Å². The second kappa shape index (κ2) is 7.63. The highest BCUT2D eigenvalue weighted by molar-refractivity contribution is 7.93. The van der Waals surface area contributed by atoms with E-state index in [1.807, 2.05) is 6.92 Å². The molecule has 0 aliphatic heterocycles. The Morgan fingerprint density at radius 2 is 1.39 bits per heavy atom. The molecule has 0 fully saturated rings. The van der Waals surface area contributed by atoms with Crippen molar-refractivity contribution in [2.24, 2.45) is 15.4 Å². The van der Waals surface area contributed by atoms with Gasteiger partial charge in [0.1, 0.15) is 15.5 Å². The number of sulfonamides is 1. The van der Waals surface area contributed by atoms with E-state index in [1.165, 1.54) is 24.3 Å². The summed E-state index contributed by atoms with van der Waals surface area (Å²) in [6.45, 7) is 1.81. The number of hydrogen-bond acceptors (Lipinski definition) is 6. The average Bonchev–Trinajstić information content (AvgIpc) is 2.66. The van der Waals surface area contributed by atoms with E-state index in [9.17, 15) is 16.8 Å². The third kappa shape index (κ3) is 4.16. The van der Waals surface area contributed by atoms with Gasteiger partial charge in [0.25, 0.3) is 0 Å². The predicted molar refractivity (Wildman–Crippen MR) is 105 cm³/mol. The summed E-state index contributed by atoms with van der Waals surface area (Å²) in [5, 5.41) is 13.3. The number of rotatable bonds is 5. The number of primary sulfonamides is 1. The molecular weight excluding hydrogens is 398 g/mol. The van der Waals surface area contributed by atoms with Gasteiger partial charge in [-0.3, -0.25) is 0 Å². The molecule has 0 unspecified atom stereocenters. The number of azo groups is 1. The number of hydrogen-bond donors (Lipinski definition) is 1. The zero-order chi connectivity index (χ0) is 20.4. The minimum Gasteiger partial charge on any atom is -0.225 e. The number of aryl methyl sites for hydroxylation is 1. The van der Waals surface area contributed by atoms with E-state index in [0.29, 0.717) is 5.69 Å². The Kier molecular flexibility index (Phi) is 5.41. The van der Waals surface area contributed by atoms with Crippen molar-refractivity contribution < 1.29 is 16.8 Å². The number of benzene rings is 3. The minimum atomic E-state index is -4.32. The normalized spacial score (nSPS) is 12.4. The lowest BCUT2D eigenvalue weighted by Gasteiger charge is -2.11. The molecule has 9 heteroatoms. The Bertz CT molecular complexity index is 1240. The zero-order valence-corrected chi connectivity index (χ0v) is 16.5. The lowest BCUT2D eigenvalue weighted by atomic mass is 10.2. The van der Waals surface area contributed by atoms with Crippen LogP contribution in [0.3, 0.4) is 0 Å². The van der Waals surface area contributed by atoms with E-state index in [0.717, 1.165) is 11.6 Å². The summed E-state index contributed by atoms with van der Waals surface area (Å²) >= 11 is 0. The van der Waals surface area contributed by atoms with Crippen LogP contribution >= 0.6 is 0 Å². The van der Waals surface area contributed by atoms with Gasteiger partial charge in [-0.25, -0.2) is 22.0 Å². The molecule has 3 aromatic rings. The molecule has 0 amide bonds. The molecule has 0 aromatic heterocycles. The van der Waals surface area contributed by atoms with Gasteiger partial charge in [-0.1, -0.05) is 42.0 Å². The maximum atomic E-state index is 13.2. The van der Waals surface area contributed by atoms with E-state index in [-0.39, 0.29) is 10.6 Å². The Hall–Kier alpha value is -2.88. The summed E-state index contributed by atoms with van der Waals surface area (Å²) in [4.78, 5) is -1.09. The van der Waals surface area contributed by atoms with Crippen molar-refractivity contribution >= 4 is 31.2 Å². The van der Waals surface area contributed by atoms with Crippen molar-refractivity contribution in [1.29, 1.82) is 0 Å². The summed E-state index contributed by atoms with van der Waals surface area (Å²) in [6, 6.07) is 18.6. The molecule has 0 heterocycles. The highest BCUT2D eigenvalue weighted by atomic mass is 32.2. The van der Waals surface area contributed by atoms with E-state index in [2.05, 4.69) is 10.2 Å². The highest BCUT2D eigenvalue weighted by Crippen LogP contribution is 2.35. The summed E-state index contributed by atoms with van der Waals surface area (Å²) in [6.07, 6.45) is 0. The molecule has 3 rings (SSSR count). The molecule has 0 aliphatic carbocycles. The van der Waals surface area contributed by atoms with Gasteiger partial charge >= 0.3 is 0 Å². The second-order valence-corrected chi connectivity index (χ2v) is 9.42. The van der Waals surface area contributed by atoms with Crippen molar-refractivity contribution in [1.82, 2.24) is 0 Å². The van der Waals surface area contributed by atoms with Gasteiger partial charge in [-0.15, -0.1) is 5.11 Å². The van der Waals surface area contributed by atoms with E-state index < -0.39 is 29.7 Å². The highest BCUT2D eigenvalue weighted by Gasteiger charge is 2.29. The molecule has 7 nitrogen and oxygen atoms in total. The average molecular weight is 415 g/mol. The van der Waals surface area contributed by atoms with Crippen LogP contribution in [0.1, 0.15) is 5.56 Å². The van der Waals surface area contributed by atoms with Gasteiger partial charge in [-0.2, -0.15) is 5.11 Å². The Morgan fingerprint density at radius 1 is 0.750 bits per heavy atom. The van der Waals surface area contributed by atoms with Gasteiger partial charge in [-0.05, 0) is 43.3 Å². The maximum absolute atomic E-state index is 13.2. The van der Waals surface area contributed by atoms with E-state index in [1.54, 1.807) is 42.5 Å². The first kappa shape index (κ1) is 19.9. The third-order valence-corrected chi connectivity index (χ3v) is 6.84. The lowest BCUT2D eigenvalue weighted by Crippen LogP contribution is -2.17. The molecule has 0 saturated carbocycles. The van der Waals surface area contributed by atoms with Crippen LogP contribution in [0.15, 0.2) is 97.7 Å². The van der Waals surface area contributed by atoms with Gasteiger partial charge in [0.05, 0.1) is 10.6 Å². The molecule has 3 aromatic carbocycles. The molecular formula is C19H17N3O4S2. The quantitative estimate of drug-likeness (QED) is 0.636. The first-order valence-corrected chi connectivity index (χ1v) is 11.2. The van der Waals surface area contributed by atoms with Crippen molar-refractivity contribution in [3.8, 4) is 0 Å². The SMILES string of the molecule is Cc1ccc(S(=O)(=O)c2c(N=Nc3ccccc3)cccc2S(N)(=O)=O)cc1. The zero-order valence-electron chi connectivity index (χ0n) is 14.8. The largest absolute Gasteiger partial charge is 0.239 e. The van der Waals surface area contributed by atoms with Gasteiger partial charge in [0.2, 0.25) is 19.9 Å². The Balaban J connectivity index is 2.25. The van der Waals surface area contributed by atoms with Crippen LogP contribution in [0, 0.1) is 6.92 Å². The molecule has 2 N–H and O–H groups in total. The van der Waals surface area contributed by atoms with Crippen molar-refractivity contribution in [2.75, 3.05) is 0 Å². The number of nitrogens with two attached hydrogens (primary N) is 1. The Labute approximate surface area is 163 Å². The van der Waals surface area contributed by atoms with E-state index in [4.69, 9.17) is 5.14 Å². The number of nitrogens with zero attached hydrogens (tertiary/aromatic N) is 2. The fourth-order valence-corrected chi connectivity index (χ4v) is 5.27. The smallest absolute Gasteiger partial charge is 0.225 e. The van der Waals surface area contributed by atoms with Crippen LogP contribution in [0.2, 0.25) is 0 Å². The standard InChI is InChI=1S/C19H17N3O4S2/c1-14-10-12-16(13-11-14)27(23,24)19-17(8-5-9-18(19)28(20,25)26)22-21-15-6-3-2-4-7-15/h2-13H,1H3,(H2,20,25,26). The summed E-state index contributed by atoms with van der Waals surface area (Å²) in [5.41, 5.74) is 1.24. The molecule has 0 spiro atoms. The maximum Gasteiger partial charge on any atom is 0.239 e. The van der Waals surface area contributed by atoms with Crippen LogP contribution < -0.4 is 5.14 Å². The third-order valence-electron chi connectivity index (χ3n) is 3.89. The summed E-state index contributed by atoms with van der Waals surface area (Å²) in [7, 11) is -8.54. The van der Waals surface area contributed by atoms with Gasteiger partial charge in [0, 0.05) is 0 Å². The fourth-order valence-electron chi connectivity index (χ4n) is 2.52. The number of sulfone groups is 1. The summed E-state index contributed by atoms with van der Waals surface area (Å²) in [5.74, 6) is 0. The minimum absolute atomic E-state index is 0.0645. The van der Waals surface area contributed by atoms with Crippen molar-refractivity contribution in [3.05, 3.63) is 78.4 Å². The molecule has 0 saturated heterocycles. The van der Waals surface area contributed by atoms with E-state index >= 15 is 0 Å². The Morgan fingerprint density at radius 3 is 2.00 bits per heavy atom. The molecule has 144 valence electrons. The van der Waals surface area contributed by atoms with Crippen LogP contribution in [-0.2, 0) is 19.9 Å². The van der Waals surface area contributed by atoms with Crippen LogP contribution in [0.25, 0.3) is 0 Å². The van der Waals surface area contributed by atoms with Gasteiger partial charge in [0.15, 0.2) is 0 Å². The second-order valence-electron chi connectivity index (χ2n) is 6.00. The predicted octanol–water partition coefficient (Wildman–Crippen LogP) is 3.89. The van der Waals surface area contributed by atoms with Crippen molar-refractivity contribution in [3.63, 3.8) is 0 Å². The molecule has 0 bridgehead atoms.